The molecule has 3 aromatic rings. The molecule has 1 aliphatic carbocycles. The van der Waals surface area contributed by atoms with Crippen LogP contribution >= 0.6 is 11.8 Å². The van der Waals surface area contributed by atoms with Crippen molar-refractivity contribution in [3.05, 3.63) is 82.5 Å². The van der Waals surface area contributed by atoms with Crippen LogP contribution in [0.3, 0.4) is 0 Å². The largest absolute Gasteiger partial charge is 0.394 e. The van der Waals surface area contributed by atoms with Gasteiger partial charge in [-0.3, -0.25) is 34.2 Å². The summed E-state index contributed by atoms with van der Waals surface area (Å²) in [7, 11) is 2.05. The topological polar surface area (TPSA) is 152 Å². The normalized spacial score (nSPS) is 22.5. The number of likely N-dealkylation sites (tertiary alicyclic amines) is 1. The molecule has 4 aliphatic heterocycles. The summed E-state index contributed by atoms with van der Waals surface area (Å²) in [5.74, 6) is 6.89. The van der Waals surface area contributed by atoms with Crippen LogP contribution in [0, 0.1) is 23.7 Å². The fourth-order valence-electron chi connectivity index (χ4n) is 9.84. The van der Waals surface area contributed by atoms with E-state index in [0.717, 1.165) is 121 Å². The van der Waals surface area contributed by atoms with E-state index >= 15 is 0 Å². The van der Waals surface area contributed by atoms with Gasteiger partial charge in [-0.1, -0.05) is 56.4 Å². The van der Waals surface area contributed by atoms with Crippen molar-refractivity contribution in [1.82, 2.24) is 20.1 Å². The van der Waals surface area contributed by atoms with Crippen LogP contribution in [0.15, 0.2) is 59.6 Å². The minimum atomic E-state index is -0.965. The number of unbranched alkanes of at least 4 members (excludes halogenated alkanes) is 4. The Balaban J connectivity index is 0.779. The lowest BCUT2D eigenvalue weighted by molar-refractivity contribution is -0.138. The number of anilines is 2. The van der Waals surface area contributed by atoms with Crippen LogP contribution in [-0.2, 0) is 14.4 Å². The van der Waals surface area contributed by atoms with Crippen molar-refractivity contribution in [2.24, 2.45) is 11.8 Å². The SMILES string of the molecule is CN1c2ccc(C#Cc3ccc(NCCCCCCCSc4cccc5c4C(=O)N(C4CCC(=O)NC4=O)C5=O)nc3)cc2[C@H]2[C@H](CCN2C(=O)C2CCCCC2)[C@H]1CO. The third-order valence-corrected chi connectivity index (χ3v) is 14.2. The average molecular weight is 831 g/mol. The van der Waals surface area contributed by atoms with Crippen LogP contribution in [0.1, 0.15) is 127 Å². The summed E-state index contributed by atoms with van der Waals surface area (Å²) in [4.78, 5) is 75.0. The number of carbonyl (C=O) groups is 5. The summed E-state index contributed by atoms with van der Waals surface area (Å²) in [6.45, 7) is 1.61. The van der Waals surface area contributed by atoms with E-state index in [-0.39, 0.29) is 55.2 Å². The van der Waals surface area contributed by atoms with Crippen molar-refractivity contribution < 1.29 is 29.1 Å². The Labute approximate surface area is 356 Å². The highest BCUT2D eigenvalue weighted by atomic mass is 32.2. The first kappa shape index (κ1) is 41.5. The second-order valence-electron chi connectivity index (χ2n) is 16.7. The molecule has 0 spiro atoms. The van der Waals surface area contributed by atoms with E-state index in [2.05, 4.69) is 49.4 Å². The molecule has 5 heterocycles. The summed E-state index contributed by atoms with van der Waals surface area (Å²) >= 11 is 1.56. The third-order valence-electron chi connectivity index (χ3n) is 13.0. The van der Waals surface area contributed by atoms with E-state index in [0.29, 0.717) is 11.1 Å². The lowest BCUT2D eigenvalue weighted by Gasteiger charge is -2.45. The van der Waals surface area contributed by atoms with Gasteiger partial charge in [0.2, 0.25) is 17.7 Å². The van der Waals surface area contributed by atoms with Crippen molar-refractivity contribution in [3.8, 4) is 11.8 Å². The molecule has 4 atom stereocenters. The number of hydrogen-bond acceptors (Lipinski definition) is 10. The molecule has 2 saturated heterocycles. The van der Waals surface area contributed by atoms with E-state index in [1.165, 1.54) is 6.42 Å². The maximum absolute atomic E-state index is 13.8. The Bertz CT molecular complexity index is 2200. The average Bonchev–Trinajstić information content (AvgIpc) is 3.81. The second kappa shape index (κ2) is 18.6. The molecular weight excluding hydrogens is 777 g/mol. The Morgan fingerprint density at radius 2 is 1.70 bits per heavy atom. The summed E-state index contributed by atoms with van der Waals surface area (Å²) < 4.78 is 0. The number of rotatable bonds is 13. The van der Waals surface area contributed by atoms with Gasteiger partial charge in [0.05, 0.1) is 29.8 Å². The van der Waals surface area contributed by atoms with Crippen molar-refractivity contribution >= 4 is 52.8 Å². The first-order valence-electron chi connectivity index (χ1n) is 21.7. The summed E-state index contributed by atoms with van der Waals surface area (Å²) in [6.07, 6.45) is 13.5. The molecule has 3 fully saturated rings. The van der Waals surface area contributed by atoms with Gasteiger partial charge in [-0.15, -0.1) is 11.8 Å². The quantitative estimate of drug-likeness (QED) is 0.0773. The Morgan fingerprint density at radius 1 is 0.917 bits per heavy atom. The van der Waals surface area contributed by atoms with Crippen molar-refractivity contribution in [1.29, 1.82) is 0 Å². The summed E-state index contributed by atoms with van der Waals surface area (Å²) in [6, 6.07) is 14.4. The van der Waals surface area contributed by atoms with Crippen molar-refractivity contribution in [2.75, 3.05) is 42.7 Å². The monoisotopic (exact) mass is 830 g/mol. The van der Waals surface area contributed by atoms with E-state index in [1.807, 2.05) is 31.3 Å². The van der Waals surface area contributed by atoms with Crippen LogP contribution < -0.4 is 15.5 Å². The molecule has 5 aliphatic rings. The van der Waals surface area contributed by atoms with Gasteiger partial charge < -0.3 is 20.2 Å². The molecule has 0 bridgehead atoms. The van der Waals surface area contributed by atoms with Gasteiger partial charge in [0.1, 0.15) is 11.9 Å². The zero-order valence-corrected chi connectivity index (χ0v) is 35.1. The van der Waals surface area contributed by atoms with Gasteiger partial charge in [0, 0.05) is 66.3 Å². The molecule has 314 valence electrons. The maximum atomic E-state index is 13.8. The molecule has 60 heavy (non-hydrogen) atoms. The first-order chi connectivity index (χ1) is 29.2. The predicted molar refractivity (Wildman–Crippen MR) is 230 cm³/mol. The molecule has 1 saturated carbocycles. The Hall–Kier alpha value is -5.19. The minimum absolute atomic E-state index is 0.0198. The molecular formula is C47H54N6O6S. The molecule has 3 N–H and O–H groups in total. The molecule has 12 nitrogen and oxygen atoms in total. The zero-order chi connectivity index (χ0) is 41.8. The second-order valence-corrected chi connectivity index (χ2v) is 17.9. The number of likely N-dealkylation sites (N-methyl/N-ethyl adjacent to an activating group) is 1. The zero-order valence-electron chi connectivity index (χ0n) is 34.3. The lowest BCUT2D eigenvalue weighted by Crippen LogP contribution is -2.54. The number of imide groups is 2. The van der Waals surface area contributed by atoms with Crippen LogP contribution in [0.5, 0.6) is 0 Å². The number of thioether (sulfide) groups is 1. The van der Waals surface area contributed by atoms with E-state index in [4.69, 9.17) is 0 Å². The number of nitrogens with one attached hydrogen (secondary N) is 2. The first-order valence-corrected chi connectivity index (χ1v) is 22.7. The fourth-order valence-corrected chi connectivity index (χ4v) is 10.9. The van der Waals surface area contributed by atoms with Crippen molar-refractivity contribution in [2.45, 2.75) is 106 Å². The minimum Gasteiger partial charge on any atom is -0.394 e. The van der Waals surface area contributed by atoms with Gasteiger partial charge >= 0.3 is 0 Å². The van der Waals surface area contributed by atoms with E-state index in [9.17, 15) is 29.1 Å². The molecule has 0 radical (unpaired) electrons. The van der Waals surface area contributed by atoms with Crippen molar-refractivity contribution in [3.63, 3.8) is 0 Å². The highest BCUT2D eigenvalue weighted by Gasteiger charge is 2.49. The van der Waals surface area contributed by atoms with Gasteiger partial charge in [-0.25, -0.2) is 4.98 Å². The number of aromatic nitrogens is 1. The number of carbonyl (C=O) groups excluding carboxylic acids is 5. The molecule has 1 aromatic heterocycles. The molecule has 8 rings (SSSR count). The number of fused-ring (bicyclic) bond motifs is 4. The maximum Gasteiger partial charge on any atom is 0.263 e. The smallest absolute Gasteiger partial charge is 0.263 e. The van der Waals surface area contributed by atoms with E-state index < -0.39 is 23.8 Å². The number of hydrogen-bond donors (Lipinski definition) is 3. The number of pyridine rings is 1. The lowest BCUT2D eigenvalue weighted by atomic mass is 9.81. The molecule has 5 amide bonds. The summed E-state index contributed by atoms with van der Waals surface area (Å²) in [5.41, 5.74) is 4.59. The standard InChI is InChI=1S/C47H54N6O6S/c1-51-36-19-17-30(27-35(36)43-33(38(51)29-54)23-25-52(43)45(57)32-11-6-5-7-12-32)15-16-31-18-21-40(49-28-31)48-24-8-3-2-4-9-26-60-39-14-10-13-34-42(39)47(59)53(46(34)58)37-20-22-41(55)50-44(37)56/h10,13-14,17-19,21,27-28,32-33,37-38,43,54H,2-9,11-12,20,22-26,29H2,1H3,(H,48,49)(H,50,55,56)/t33-,37?,38-,43-/m1/s1. The number of nitrogens with zero attached hydrogens (tertiary/aromatic N) is 4. The van der Waals surface area contributed by atoms with Gasteiger partial charge in [0.25, 0.3) is 11.8 Å². The molecule has 13 heteroatoms. The number of aliphatic hydroxyl groups is 1. The highest BCUT2D eigenvalue weighted by Crippen LogP contribution is 2.49. The molecule has 1 unspecified atom stereocenters. The number of aliphatic hydroxyl groups excluding tert-OH is 1. The van der Waals surface area contributed by atoms with Gasteiger partial charge in [-0.05, 0) is 92.3 Å². The molecule has 2 aromatic carbocycles. The third kappa shape index (κ3) is 8.54. The number of amides is 5. The van der Waals surface area contributed by atoms with Crippen LogP contribution in [-0.4, -0.2) is 94.0 Å². The Kier molecular flexibility index (Phi) is 12.9. The Morgan fingerprint density at radius 3 is 2.48 bits per heavy atom. The van der Waals surface area contributed by atoms with Crippen LogP contribution in [0.25, 0.3) is 0 Å². The number of benzene rings is 2. The van der Waals surface area contributed by atoms with E-state index in [1.54, 1.807) is 30.1 Å². The summed E-state index contributed by atoms with van der Waals surface area (Å²) in [5, 5.41) is 16.1. The predicted octanol–water partition coefficient (Wildman–Crippen LogP) is 6.32. The fraction of sp³-hybridized carbons (Fsp3) is 0.489. The van der Waals surface area contributed by atoms with Crippen LogP contribution in [0.4, 0.5) is 11.5 Å². The highest BCUT2D eigenvalue weighted by molar-refractivity contribution is 7.99. The number of piperidine rings is 1. The van der Waals surface area contributed by atoms with Crippen LogP contribution in [0.2, 0.25) is 0 Å². The van der Waals surface area contributed by atoms with Gasteiger partial charge in [0.15, 0.2) is 0 Å². The van der Waals surface area contributed by atoms with Gasteiger partial charge in [-0.2, -0.15) is 0 Å².